The maximum Gasteiger partial charge on any atom is 0.0529 e. The number of alkyl halides is 1. The van der Waals surface area contributed by atoms with Crippen molar-refractivity contribution in [3.63, 3.8) is 0 Å². The van der Waals surface area contributed by atoms with Crippen molar-refractivity contribution in [1.29, 1.82) is 0 Å². The minimum Gasteiger partial charge on any atom is -0.144 e. The summed E-state index contributed by atoms with van der Waals surface area (Å²) in [4.78, 5) is 3.19. The van der Waals surface area contributed by atoms with Gasteiger partial charge in [-0.25, -0.2) is 0 Å². The van der Waals surface area contributed by atoms with Crippen LogP contribution in [0.1, 0.15) is 40.9 Å². The average molecular weight is 358 g/mol. The van der Waals surface area contributed by atoms with Crippen LogP contribution in [0.15, 0.2) is 36.4 Å². The smallest absolute Gasteiger partial charge is 0.0529 e. The Morgan fingerprint density at radius 2 is 1.74 bits per heavy atom. The molecule has 0 aliphatic carbocycles. The van der Waals surface area contributed by atoms with Crippen LogP contribution in [0, 0.1) is 0 Å². The highest BCUT2D eigenvalue weighted by Crippen LogP contribution is 2.37. The first kappa shape index (κ1) is 15.1. The van der Waals surface area contributed by atoms with Crippen molar-refractivity contribution in [3.8, 4) is 0 Å². The van der Waals surface area contributed by atoms with Crippen LogP contribution < -0.4 is 0 Å². The lowest BCUT2D eigenvalue weighted by atomic mass is 9.95. The normalized spacial score (nSPS) is 13.5. The third-order valence-corrected chi connectivity index (χ3v) is 6.00. The fourth-order valence-electron chi connectivity index (χ4n) is 1.85. The van der Waals surface area contributed by atoms with Crippen LogP contribution in [-0.4, -0.2) is 0 Å². The first-order valence-corrected chi connectivity index (χ1v) is 8.46. The molecule has 0 bridgehead atoms. The van der Waals surface area contributed by atoms with Gasteiger partial charge in [-0.05, 0) is 41.7 Å². The molecule has 1 aromatic heterocycles. The highest BCUT2D eigenvalue weighted by Gasteiger charge is 2.18. The number of halogens is 2. The van der Waals surface area contributed by atoms with Gasteiger partial charge in [0.1, 0.15) is 0 Å². The standard InChI is InChI=1S/C16H18BrClS/c1-16(2,3)15-9-8-14(19-15)13(17)10-11-4-6-12(18)7-5-11/h4-9,13H,10H2,1-3H3. The van der Waals surface area contributed by atoms with E-state index in [1.807, 2.05) is 23.5 Å². The molecule has 0 aliphatic rings. The lowest BCUT2D eigenvalue weighted by molar-refractivity contribution is 0.604. The molecule has 0 saturated carbocycles. The predicted molar refractivity (Wildman–Crippen MR) is 89.8 cm³/mol. The van der Waals surface area contributed by atoms with Crippen molar-refractivity contribution in [1.82, 2.24) is 0 Å². The molecule has 0 amide bonds. The Balaban J connectivity index is 2.09. The van der Waals surface area contributed by atoms with Crippen LogP contribution in [0.2, 0.25) is 5.02 Å². The lowest BCUT2D eigenvalue weighted by Crippen LogP contribution is -2.07. The van der Waals surface area contributed by atoms with Crippen molar-refractivity contribution < 1.29 is 0 Å². The van der Waals surface area contributed by atoms with E-state index in [1.165, 1.54) is 15.3 Å². The van der Waals surface area contributed by atoms with Crippen LogP contribution in [-0.2, 0) is 11.8 Å². The molecule has 2 aromatic rings. The third-order valence-electron chi connectivity index (χ3n) is 3.00. The summed E-state index contributed by atoms with van der Waals surface area (Å²) in [6, 6.07) is 12.6. The first-order chi connectivity index (χ1) is 8.86. The molecule has 1 atom stereocenters. The summed E-state index contributed by atoms with van der Waals surface area (Å²) >= 11 is 11.6. The van der Waals surface area contributed by atoms with Crippen LogP contribution in [0.4, 0.5) is 0 Å². The van der Waals surface area contributed by atoms with E-state index in [0.29, 0.717) is 4.83 Å². The zero-order valence-electron chi connectivity index (χ0n) is 11.4. The van der Waals surface area contributed by atoms with Gasteiger partial charge in [-0.3, -0.25) is 0 Å². The largest absolute Gasteiger partial charge is 0.144 e. The maximum absolute atomic E-state index is 5.91. The monoisotopic (exact) mass is 356 g/mol. The van der Waals surface area contributed by atoms with E-state index in [2.05, 4.69) is 61.0 Å². The second-order valence-electron chi connectivity index (χ2n) is 5.75. The molecule has 0 spiro atoms. The van der Waals surface area contributed by atoms with Crippen molar-refractivity contribution >= 4 is 38.9 Å². The summed E-state index contributed by atoms with van der Waals surface area (Å²) in [5.74, 6) is 0. The molecule has 2 rings (SSSR count). The molecule has 102 valence electrons. The second-order valence-corrected chi connectivity index (χ2v) is 8.41. The molecule has 3 heteroatoms. The topological polar surface area (TPSA) is 0 Å². The van der Waals surface area contributed by atoms with Crippen molar-refractivity contribution in [2.24, 2.45) is 0 Å². The van der Waals surface area contributed by atoms with Gasteiger partial charge in [0.2, 0.25) is 0 Å². The summed E-state index contributed by atoms with van der Waals surface area (Å²) in [5, 5.41) is 0.793. The zero-order valence-corrected chi connectivity index (χ0v) is 14.6. The Morgan fingerprint density at radius 1 is 1.11 bits per heavy atom. The van der Waals surface area contributed by atoms with E-state index < -0.39 is 0 Å². The second kappa shape index (κ2) is 5.99. The zero-order chi connectivity index (χ0) is 14.0. The minimum absolute atomic E-state index is 0.232. The van der Waals surface area contributed by atoms with E-state index in [4.69, 9.17) is 11.6 Å². The molecule has 0 radical (unpaired) electrons. The fourth-order valence-corrected chi connectivity index (χ4v) is 3.83. The van der Waals surface area contributed by atoms with Crippen molar-refractivity contribution in [2.75, 3.05) is 0 Å². The highest BCUT2D eigenvalue weighted by atomic mass is 79.9. The molecule has 0 fully saturated rings. The number of benzene rings is 1. The van der Waals surface area contributed by atoms with E-state index in [0.717, 1.165) is 11.4 Å². The SMILES string of the molecule is CC(C)(C)c1ccc(C(Br)Cc2ccc(Cl)cc2)s1. The van der Waals surface area contributed by atoms with E-state index in [9.17, 15) is 0 Å². The molecule has 19 heavy (non-hydrogen) atoms. The lowest BCUT2D eigenvalue weighted by Gasteiger charge is -2.15. The number of rotatable bonds is 3. The van der Waals surface area contributed by atoms with Crippen LogP contribution in [0.5, 0.6) is 0 Å². The van der Waals surface area contributed by atoms with Crippen LogP contribution in [0.3, 0.4) is 0 Å². The van der Waals surface area contributed by atoms with Gasteiger partial charge in [-0.15, -0.1) is 11.3 Å². The van der Waals surface area contributed by atoms with E-state index in [1.54, 1.807) is 0 Å². The van der Waals surface area contributed by atoms with Gasteiger partial charge in [0.05, 0.1) is 4.83 Å². The molecular weight excluding hydrogens is 340 g/mol. The van der Waals surface area contributed by atoms with E-state index in [-0.39, 0.29) is 5.41 Å². The summed E-state index contributed by atoms with van der Waals surface area (Å²) in [6.07, 6.45) is 0.987. The van der Waals surface area contributed by atoms with Gasteiger partial charge < -0.3 is 0 Å². The molecule has 1 unspecified atom stereocenters. The number of hydrogen-bond donors (Lipinski definition) is 0. The number of thiophene rings is 1. The molecular formula is C16H18BrClS. The molecule has 1 heterocycles. The van der Waals surface area contributed by atoms with E-state index >= 15 is 0 Å². The van der Waals surface area contributed by atoms with Gasteiger partial charge in [-0.1, -0.05) is 60.4 Å². The Kier molecular flexibility index (Phi) is 4.75. The molecule has 0 aliphatic heterocycles. The summed E-state index contributed by atoms with van der Waals surface area (Å²) in [6.45, 7) is 6.77. The molecule has 0 N–H and O–H groups in total. The van der Waals surface area contributed by atoms with Crippen LogP contribution in [0.25, 0.3) is 0 Å². The molecule has 0 saturated heterocycles. The quantitative estimate of drug-likeness (QED) is 0.559. The summed E-state index contributed by atoms with van der Waals surface area (Å²) < 4.78 is 0. The average Bonchev–Trinajstić information content (AvgIpc) is 2.81. The fraction of sp³-hybridized carbons (Fsp3) is 0.375. The van der Waals surface area contributed by atoms with Gasteiger partial charge in [0.25, 0.3) is 0 Å². The van der Waals surface area contributed by atoms with Crippen molar-refractivity contribution in [2.45, 2.75) is 37.4 Å². The Hall–Kier alpha value is -0.310. The Labute approximate surface area is 132 Å². The van der Waals surface area contributed by atoms with Gasteiger partial charge >= 0.3 is 0 Å². The highest BCUT2D eigenvalue weighted by molar-refractivity contribution is 9.09. The van der Waals surface area contributed by atoms with Gasteiger partial charge in [-0.2, -0.15) is 0 Å². The van der Waals surface area contributed by atoms with Gasteiger partial charge in [0.15, 0.2) is 0 Å². The minimum atomic E-state index is 0.232. The first-order valence-electron chi connectivity index (χ1n) is 6.35. The molecule has 1 aromatic carbocycles. The predicted octanol–water partition coefficient (Wildman–Crippen LogP) is 6.38. The third kappa shape index (κ3) is 4.08. The Morgan fingerprint density at radius 3 is 2.26 bits per heavy atom. The Bertz CT molecular complexity index is 537. The maximum atomic E-state index is 5.91. The molecule has 0 nitrogen and oxygen atoms in total. The van der Waals surface area contributed by atoms with Crippen LogP contribution >= 0.6 is 38.9 Å². The number of hydrogen-bond acceptors (Lipinski definition) is 1. The van der Waals surface area contributed by atoms with Crippen molar-refractivity contribution in [3.05, 3.63) is 56.7 Å². The summed E-state index contributed by atoms with van der Waals surface area (Å²) in [5.41, 5.74) is 1.53. The summed E-state index contributed by atoms with van der Waals surface area (Å²) in [7, 11) is 0. The van der Waals surface area contributed by atoms with Gasteiger partial charge in [0, 0.05) is 14.8 Å².